The van der Waals surface area contributed by atoms with E-state index in [1.165, 1.54) is 13.3 Å². The van der Waals surface area contributed by atoms with E-state index in [0.717, 1.165) is 0 Å². The highest BCUT2D eigenvalue weighted by Crippen LogP contribution is 2.36. The summed E-state index contributed by atoms with van der Waals surface area (Å²) in [4.78, 5) is 0. The third-order valence-corrected chi connectivity index (χ3v) is 2.50. The minimum absolute atomic E-state index is 0.0730. The van der Waals surface area contributed by atoms with Crippen LogP contribution >= 0.6 is 15.9 Å². The molecule has 8 heteroatoms. The van der Waals surface area contributed by atoms with Crippen LogP contribution in [0.1, 0.15) is 5.56 Å². The number of ether oxygens (including phenoxy) is 2. The molecule has 1 aromatic rings. The molecule has 0 aliphatic heterocycles. The van der Waals surface area contributed by atoms with E-state index in [-0.39, 0.29) is 12.6 Å². The van der Waals surface area contributed by atoms with Crippen LogP contribution in [0, 0.1) is 11.3 Å². The van der Waals surface area contributed by atoms with E-state index in [4.69, 9.17) is 26.2 Å². The predicted molar refractivity (Wildman–Crippen MR) is 75.2 cm³/mol. The first-order chi connectivity index (χ1) is 9.08. The van der Waals surface area contributed by atoms with Crippen molar-refractivity contribution in [2.24, 2.45) is 21.7 Å². The standard InChI is InChI=1S/C11H12BrN5O2/c1-18-9-5-7(6-16-17-11(14)15)4-8(12)10(9)19-3-2-13/h4-6H,3H2,1H3,(H4,14,15,17). The second-order valence-electron chi connectivity index (χ2n) is 3.25. The van der Waals surface area contributed by atoms with Crippen molar-refractivity contribution in [2.45, 2.75) is 0 Å². The first-order valence-corrected chi connectivity index (χ1v) is 5.87. The van der Waals surface area contributed by atoms with Crippen LogP contribution in [0.15, 0.2) is 26.8 Å². The molecule has 0 spiro atoms. The van der Waals surface area contributed by atoms with Crippen molar-refractivity contribution in [3.8, 4) is 17.6 Å². The average molecular weight is 326 g/mol. The first-order valence-electron chi connectivity index (χ1n) is 5.07. The minimum Gasteiger partial charge on any atom is -0.493 e. The van der Waals surface area contributed by atoms with Gasteiger partial charge in [-0.15, -0.1) is 5.10 Å². The van der Waals surface area contributed by atoms with Gasteiger partial charge in [0.2, 0.25) is 5.96 Å². The lowest BCUT2D eigenvalue weighted by molar-refractivity contribution is 0.327. The summed E-state index contributed by atoms with van der Waals surface area (Å²) >= 11 is 3.33. The van der Waals surface area contributed by atoms with Gasteiger partial charge in [0.25, 0.3) is 0 Å². The molecular formula is C11H12BrN5O2. The molecular weight excluding hydrogens is 314 g/mol. The maximum absolute atomic E-state index is 8.51. The summed E-state index contributed by atoms with van der Waals surface area (Å²) in [6, 6.07) is 5.31. The van der Waals surface area contributed by atoms with E-state index in [1.807, 2.05) is 6.07 Å². The molecule has 19 heavy (non-hydrogen) atoms. The van der Waals surface area contributed by atoms with Crippen LogP contribution in [0.2, 0.25) is 0 Å². The summed E-state index contributed by atoms with van der Waals surface area (Å²) in [7, 11) is 1.50. The number of nitrogens with zero attached hydrogens (tertiary/aromatic N) is 3. The predicted octanol–water partition coefficient (Wildman–Crippen LogP) is 0.967. The Balaban J connectivity index is 3.06. The highest BCUT2D eigenvalue weighted by Gasteiger charge is 2.10. The van der Waals surface area contributed by atoms with Crippen LogP contribution in [0.4, 0.5) is 0 Å². The van der Waals surface area contributed by atoms with Gasteiger partial charge in [0.1, 0.15) is 6.07 Å². The Hall–Kier alpha value is -2.27. The van der Waals surface area contributed by atoms with Crippen LogP contribution < -0.4 is 20.9 Å². The number of methoxy groups -OCH3 is 1. The number of rotatable bonds is 5. The lowest BCUT2D eigenvalue weighted by Gasteiger charge is -2.11. The van der Waals surface area contributed by atoms with Gasteiger partial charge in [-0.25, -0.2) is 0 Å². The maximum atomic E-state index is 8.51. The average Bonchev–Trinajstić information content (AvgIpc) is 2.36. The van der Waals surface area contributed by atoms with Gasteiger partial charge < -0.3 is 20.9 Å². The van der Waals surface area contributed by atoms with Crippen molar-refractivity contribution in [1.29, 1.82) is 5.26 Å². The van der Waals surface area contributed by atoms with Gasteiger partial charge in [-0.3, -0.25) is 0 Å². The molecule has 0 bridgehead atoms. The zero-order chi connectivity index (χ0) is 14.3. The molecule has 0 fully saturated rings. The van der Waals surface area contributed by atoms with E-state index in [1.54, 1.807) is 12.1 Å². The van der Waals surface area contributed by atoms with Gasteiger partial charge in [0.05, 0.1) is 17.8 Å². The molecule has 0 heterocycles. The molecule has 1 aromatic carbocycles. The summed E-state index contributed by atoms with van der Waals surface area (Å²) < 4.78 is 11.1. The molecule has 0 saturated carbocycles. The van der Waals surface area contributed by atoms with Crippen molar-refractivity contribution in [3.63, 3.8) is 0 Å². The SMILES string of the molecule is COc1cc(C=NN=C(N)N)cc(Br)c1OCC#N. The van der Waals surface area contributed by atoms with E-state index in [0.29, 0.717) is 21.5 Å². The molecule has 4 N–H and O–H groups in total. The van der Waals surface area contributed by atoms with E-state index < -0.39 is 0 Å². The van der Waals surface area contributed by atoms with E-state index in [9.17, 15) is 0 Å². The zero-order valence-electron chi connectivity index (χ0n) is 10.1. The van der Waals surface area contributed by atoms with Crippen LogP contribution in [-0.2, 0) is 0 Å². The summed E-state index contributed by atoms with van der Waals surface area (Å²) in [5.41, 5.74) is 11.0. The number of nitriles is 1. The number of nitrogens with two attached hydrogens (primary N) is 2. The maximum Gasteiger partial charge on any atom is 0.211 e. The van der Waals surface area contributed by atoms with Crippen molar-refractivity contribution in [2.75, 3.05) is 13.7 Å². The normalized spacial score (nSPS) is 9.95. The molecule has 1 rings (SSSR count). The second kappa shape index (κ2) is 7.23. The largest absolute Gasteiger partial charge is 0.493 e. The lowest BCUT2D eigenvalue weighted by atomic mass is 10.2. The van der Waals surface area contributed by atoms with Crippen molar-refractivity contribution < 1.29 is 9.47 Å². The smallest absolute Gasteiger partial charge is 0.211 e. The lowest BCUT2D eigenvalue weighted by Crippen LogP contribution is -2.21. The number of guanidine groups is 1. The fraction of sp³-hybridized carbons (Fsp3) is 0.182. The van der Waals surface area contributed by atoms with Crippen LogP contribution in [-0.4, -0.2) is 25.9 Å². The molecule has 100 valence electrons. The number of benzene rings is 1. The van der Waals surface area contributed by atoms with Crippen LogP contribution in [0.5, 0.6) is 11.5 Å². The molecule has 0 atom stereocenters. The van der Waals surface area contributed by atoms with Crippen LogP contribution in [0.3, 0.4) is 0 Å². The number of hydrogen-bond acceptors (Lipinski definition) is 5. The molecule has 0 saturated heterocycles. The Bertz CT molecular complexity index is 547. The van der Waals surface area contributed by atoms with Gasteiger partial charge in [0.15, 0.2) is 18.1 Å². The Morgan fingerprint density at radius 2 is 2.26 bits per heavy atom. The minimum atomic E-state index is -0.128. The van der Waals surface area contributed by atoms with Gasteiger partial charge in [-0.2, -0.15) is 10.4 Å². The Morgan fingerprint density at radius 1 is 1.53 bits per heavy atom. The summed E-state index contributed by atoms with van der Waals surface area (Å²) in [6.07, 6.45) is 1.46. The van der Waals surface area contributed by atoms with Crippen LogP contribution in [0.25, 0.3) is 0 Å². The molecule has 7 nitrogen and oxygen atoms in total. The molecule has 0 amide bonds. The number of hydrogen-bond donors (Lipinski definition) is 2. The fourth-order valence-electron chi connectivity index (χ4n) is 1.22. The monoisotopic (exact) mass is 325 g/mol. The Labute approximate surface area is 118 Å². The highest BCUT2D eigenvalue weighted by atomic mass is 79.9. The summed E-state index contributed by atoms with van der Waals surface area (Å²) in [6.45, 7) is -0.0730. The van der Waals surface area contributed by atoms with Crippen molar-refractivity contribution in [1.82, 2.24) is 0 Å². The van der Waals surface area contributed by atoms with Crippen molar-refractivity contribution >= 4 is 28.1 Å². The Kier molecular flexibility index (Phi) is 5.63. The summed E-state index contributed by atoms with van der Waals surface area (Å²) in [5, 5.41) is 15.7. The second-order valence-corrected chi connectivity index (χ2v) is 4.10. The van der Waals surface area contributed by atoms with Gasteiger partial charge in [-0.05, 0) is 33.6 Å². The highest BCUT2D eigenvalue weighted by molar-refractivity contribution is 9.10. The molecule has 0 unspecified atom stereocenters. The zero-order valence-corrected chi connectivity index (χ0v) is 11.7. The third kappa shape index (κ3) is 4.48. The van der Waals surface area contributed by atoms with Gasteiger partial charge in [0, 0.05) is 0 Å². The first kappa shape index (κ1) is 14.8. The van der Waals surface area contributed by atoms with Crippen molar-refractivity contribution in [3.05, 3.63) is 22.2 Å². The molecule has 0 aliphatic carbocycles. The van der Waals surface area contributed by atoms with Gasteiger partial charge >= 0.3 is 0 Å². The van der Waals surface area contributed by atoms with E-state index in [2.05, 4.69) is 26.1 Å². The quantitative estimate of drug-likeness (QED) is 0.475. The van der Waals surface area contributed by atoms with E-state index >= 15 is 0 Å². The topological polar surface area (TPSA) is 119 Å². The third-order valence-electron chi connectivity index (χ3n) is 1.91. The Morgan fingerprint density at radius 3 is 2.84 bits per heavy atom. The number of halogens is 1. The summed E-state index contributed by atoms with van der Waals surface area (Å²) in [5.74, 6) is 0.787. The molecule has 0 radical (unpaired) electrons. The van der Waals surface area contributed by atoms with Gasteiger partial charge in [-0.1, -0.05) is 0 Å². The fourth-order valence-corrected chi connectivity index (χ4v) is 1.80. The molecule has 0 aliphatic rings. The molecule has 0 aromatic heterocycles.